The summed E-state index contributed by atoms with van der Waals surface area (Å²) >= 11 is 0. The normalized spacial score (nSPS) is 11.8. The lowest BCUT2D eigenvalue weighted by Crippen LogP contribution is -2.41. The number of fused-ring (bicyclic) bond motifs is 1. The van der Waals surface area contributed by atoms with E-state index in [1.807, 2.05) is 6.92 Å². The Hall–Kier alpha value is -5.37. The minimum Gasteiger partial charge on any atom is -0.453 e. The number of aryl methyl sites for hydroxylation is 1. The van der Waals surface area contributed by atoms with E-state index < -0.39 is 28.8 Å². The summed E-state index contributed by atoms with van der Waals surface area (Å²) in [7, 11) is 2.94. The maximum atomic E-state index is 15.2. The van der Waals surface area contributed by atoms with Crippen LogP contribution in [0, 0.1) is 11.6 Å². The summed E-state index contributed by atoms with van der Waals surface area (Å²) in [6.45, 7) is 2.33. The average molecular weight is 578 g/mol. The molecule has 3 heterocycles. The molecule has 1 unspecified atom stereocenters. The number of aromatic nitrogens is 5. The highest BCUT2D eigenvalue weighted by atomic mass is 19.1. The lowest BCUT2D eigenvalue weighted by Gasteiger charge is -2.14. The summed E-state index contributed by atoms with van der Waals surface area (Å²) in [6, 6.07) is 9.87. The molecule has 1 amide bonds. The van der Waals surface area contributed by atoms with Crippen LogP contribution < -0.4 is 26.6 Å². The second kappa shape index (κ2) is 11.6. The molecule has 5 aromatic rings. The predicted octanol–water partition coefficient (Wildman–Crippen LogP) is 3.58. The van der Waals surface area contributed by atoms with Crippen molar-refractivity contribution in [2.45, 2.75) is 13.0 Å². The van der Waals surface area contributed by atoms with Gasteiger partial charge in [0.25, 0.3) is 11.5 Å². The summed E-state index contributed by atoms with van der Waals surface area (Å²) in [5.41, 5.74) is -1.50. The molecule has 0 saturated heterocycles. The number of aromatic amines is 1. The van der Waals surface area contributed by atoms with Crippen LogP contribution in [-0.2, 0) is 11.8 Å². The summed E-state index contributed by atoms with van der Waals surface area (Å²) in [5, 5.41) is 13.2. The van der Waals surface area contributed by atoms with E-state index >= 15 is 4.39 Å². The van der Waals surface area contributed by atoms with Crippen molar-refractivity contribution in [1.29, 1.82) is 0 Å². The molecule has 0 aliphatic carbocycles. The van der Waals surface area contributed by atoms with Gasteiger partial charge in [0.2, 0.25) is 0 Å². The van der Waals surface area contributed by atoms with Crippen LogP contribution in [0.4, 0.5) is 20.3 Å². The van der Waals surface area contributed by atoms with E-state index in [0.717, 1.165) is 33.5 Å². The van der Waals surface area contributed by atoms with Crippen molar-refractivity contribution in [2.75, 3.05) is 24.4 Å². The lowest BCUT2D eigenvalue weighted by atomic mass is 10.2. The van der Waals surface area contributed by atoms with Crippen LogP contribution in [0.1, 0.15) is 17.3 Å². The Kier molecular flexibility index (Phi) is 7.80. The SMILES string of the molecule is COCC(C)Nc1n[nH]c2nccc(Oc3ccc(NC(=O)c4cn(C)c(=O)n(-c5ccc(F)cc5)c4=O)cc3F)c12. The van der Waals surface area contributed by atoms with E-state index in [1.54, 1.807) is 13.2 Å². The van der Waals surface area contributed by atoms with Crippen LogP contribution in [0.25, 0.3) is 16.7 Å². The van der Waals surface area contributed by atoms with Crippen molar-refractivity contribution in [3.05, 3.63) is 99.0 Å². The fraction of sp³-hybridized carbons (Fsp3) is 0.179. The number of H-pyrrole nitrogens is 1. The van der Waals surface area contributed by atoms with Crippen LogP contribution >= 0.6 is 0 Å². The number of ether oxygens (including phenoxy) is 2. The number of hydrogen-bond donors (Lipinski definition) is 3. The highest BCUT2D eigenvalue weighted by Crippen LogP contribution is 2.34. The van der Waals surface area contributed by atoms with Gasteiger partial charge in [-0.3, -0.25) is 14.7 Å². The van der Waals surface area contributed by atoms with Gasteiger partial charge in [-0.05, 0) is 43.3 Å². The number of hydrogen-bond acceptors (Lipinski definition) is 8. The lowest BCUT2D eigenvalue weighted by molar-refractivity contribution is 0.102. The monoisotopic (exact) mass is 577 g/mol. The average Bonchev–Trinajstić information content (AvgIpc) is 3.36. The van der Waals surface area contributed by atoms with Crippen LogP contribution in [0.15, 0.2) is 70.5 Å². The van der Waals surface area contributed by atoms with Gasteiger partial charge in [-0.1, -0.05) is 0 Å². The number of halogens is 2. The van der Waals surface area contributed by atoms with E-state index in [1.165, 1.54) is 37.5 Å². The third-order valence-corrected chi connectivity index (χ3v) is 6.21. The van der Waals surface area contributed by atoms with Crippen molar-refractivity contribution in [2.24, 2.45) is 7.05 Å². The van der Waals surface area contributed by atoms with E-state index in [0.29, 0.717) is 23.5 Å². The number of benzene rings is 2. The number of methoxy groups -OCH3 is 1. The maximum absolute atomic E-state index is 15.2. The first kappa shape index (κ1) is 28.2. The standard InChI is InChI=1S/C28H25F2N7O5/c1-15(14-41-3)32-25-23-22(10-11-31-24(23)34-35-25)42-21-9-6-17(12-20(21)30)33-26(38)19-13-36(2)28(40)37(27(19)39)18-7-4-16(29)5-8-18/h4-13,15H,14H2,1-3H3,(H,33,38)(H2,31,32,34,35). The first-order chi connectivity index (χ1) is 20.2. The van der Waals surface area contributed by atoms with Crippen LogP contribution in [-0.4, -0.2) is 50.0 Å². The molecule has 3 aromatic heterocycles. The number of pyridine rings is 1. The molecule has 216 valence electrons. The molecular weight excluding hydrogens is 552 g/mol. The van der Waals surface area contributed by atoms with Crippen molar-refractivity contribution in [3.63, 3.8) is 0 Å². The first-order valence-electron chi connectivity index (χ1n) is 12.6. The highest BCUT2D eigenvalue weighted by molar-refractivity contribution is 6.04. The second-order valence-electron chi connectivity index (χ2n) is 9.36. The van der Waals surface area contributed by atoms with E-state index in [4.69, 9.17) is 9.47 Å². The number of carbonyl (C=O) groups is 1. The molecule has 5 rings (SSSR count). The number of anilines is 2. The van der Waals surface area contributed by atoms with Gasteiger partial charge in [-0.2, -0.15) is 5.10 Å². The van der Waals surface area contributed by atoms with Crippen molar-refractivity contribution < 1.29 is 23.0 Å². The molecule has 0 aliphatic heterocycles. The predicted molar refractivity (Wildman–Crippen MR) is 151 cm³/mol. The largest absolute Gasteiger partial charge is 0.453 e. The van der Waals surface area contributed by atoms with Crippen molar-refractivity contribution in [1.82, 2.24) is 24.3 Å². The van der Waals surface area contributed by atoms with Gasteiger partial charge in [0.05, 0.1) is 12.3 Å². The fourth-order valence-corrected chi connectivity index (χ4v) is 4.26. The quantitative estimate of drug-likeness (QED) is 0.241. The minimum absolute atomic E-state index is 0.0327. The van der Waals surface area contributed by atoms with Crippen LogP contribution in [0.3, 0.4) is 0 Å². The molecule has 0 saturated carbocycles. The summed E-state index contributed by atoms with van der Waals surface area (Å²) < 4.78 is 41.3. The van der Waals surface area contributed by atoms with Gasteiger partial charge in [-0.25, -0.2) is 23.1 Å². The second-order valence-corrected chi connectivity index (χ2v) is 9.36. The van der Waals surface area contributed by atoms with Crippen LogP contribution in [0.2, 0.25) is 0 Å². The highest BCUT2D eigenvalue weighted by Gasteiger charge is 2.20. The number of amides is 1. The molecule has 0 fully saturated rings. The third kappa shape index (κ3) is 5.60. The molecule has 3 N–H and O–H groups in total. The summed E-state index contributed by atoms with van der Waals surface area (Å²) in [5.74, 6) is -1.65. The number of rotatable bonds is 9. The van der Waals surface area contributed by atoms with Gasteiger partial charge in [0.1, 0.15) is 22.5 Å². The Balaban J connectivity index is 1.40. The van der Waals surface area contributed by atoms with Gasteiger partial charge in [-0.15, -0.1) is 0 Å². The first-order valence-corrected chi connectivity index (χ1v) is 12.6. The topological polar surface area (TPSA) is 145 Å². The number of nitrogens with zero attached hydrogens (tertiary/aromatic N) is 4. The van der Waals surface area contributed by atoms with E-state index in [2.05, 4.69) is 25.8 Å². The van der Waals surface area contributed by atoms with Gasteiger partial charge in [0, 0.05) is 50.4 Å². The Labute approximate surface area is 236 Å². The number of nitrogens with one attached hydrogen (secondary N) is 3. The molecular formula is C28H25F2N7O5. The number of carbonyl (C=O) groups excluding carboxylic acids is 1. The van der Waals surface area contributed by atoms with Gasteiger partial charge >= 0.3 is 5.69 Å². The summed E-state index contributed by atoms with van der Waals surface area (Å²) in [6.07, 6.45) is 2.56. The Morgan fingerprint density at radius 1 is 1.10 bits per heavy atom. The molecule has 2 aromatic carbocycles. The zero-order valence-corrected chi connectivity index (χ0v) is 22.6. The zero-order chi connectivity index (χ0) is 30.0. The van der Waals surface area contributed by atoms with Crippen LogP contribution in [0.5, 0.6) is 11.5 Å². The zero-order valence-electron chi connectivity index (χ0n) is 22.6. The summed E-state index contributed by atoms with van der Waals surface area (Å²) in [4.78, 5) is 43.0. The van der Waals surface area contributed by atoms with Crippen molar-refractivity contribution >= 4 is 28.4 Å². The smallest absolute Gasteiger partial charge is 0.335 e. The molecule has 0 radical (unpaired) electrons. The Bertz CT molecular complexity index is 1900. The van der Waals surface area contributed by atoms with E-state index in [9.17, 15) is 18.8 Å². The maximum Gasteiger partial charge on any atom is 0.335 e. The molecule has 0 spiro atoms. The molecule has 0 bridgehead atoms. The Morgan fingerprint density at radius 2 is 1.86 bits per heavy atom. The minimum atomic E-state index is -0.923. The van der Waals surface area contributed by atoms with Gasteiger partial charge < -0.3 is 24.7 Å². The van der Waals surface area contributed by atoms with Crippen molar-refractivity contribution in [3.8, 4) is 17.2 Å². The molecule has 14 heteroatoms. The molecule has 42 heavy (non-hydrogen) atoms. The van der Waals surface area contributed by atoms with E-state index in [-0.39, 0.29) is 34.5 Å². The van der Waals surface area contributed by atoms with Gasteiger partial charge in [0.15, 0.2) is 23.0 Å². The third-order valence-electron chi connectivity index (χ3n) is 6.21. The molecule has 12 nitrogen and oxygen atoms in total. The molecule has 0 aliphatic rings. The Morgan fingerprint density at radius 3 is 2.57 bits per heavy atom. The fourth-order valence-electron chi connectivity index (χ4n) is 4.26. The molecule has 1 atom stereocenters.